The lowest BCUT2D eigenvalue weighted by Gasteiger charge is -2.32. The second-order valence-corrected chi connectivity index (χ2v) is 9.99. The normalized spacial score (nSPS) is 18.4. The molecular formula is C26H52. The van der Waals surface area contributed by atoms with Crippen molar-refractivity contribution in [2.24, 2.45) is 41.4 Å². The van der Waals surface area contributed by atoms with E-state index in [0.717, 1.165) is 41.4 Å². The minimum Gasteiger partial charge on any atom is -0.0917 e. The molecule has 0 saturated carbocycles. The summed E-state index contributed by atoms with van der Waals surface area (Å²) in [7, 11) is 0. The minimum absolute atomic E-state index is 0.827. The molecule has 0 aliphatic rings. The maximum atomic E-state index is 2.52. The van der Waals surface area contributed by atoms with Gasteiger partial charge >= 0.3 is 0 Å². The molecule has 0 heteroatoms. The monoisotopic (exact) mass is 364 g/mol. The molecule has 26 heavy (non-hydrogen) atoms. The van der Waals surface area contributed by atoms with E-state index in [1.807, 2.05) is 0 Å². The molecule has 0 radical (unpaired) electrons. The van der Waals surface area contributed by atoms with Gasteiger partial charge in [0.25, 0.3) is 0 Å². The van der Waals surface area contributed by atoms with Crippen LogP contribution in [0.2, 0.25) is 0 Å². The average Bonchev–Trinajstić information content (AvgIpc) is 2.58. The third-order valence-electron chi connectivity index (χ3n) is 6.86. The van der Waals surface area contributed by atoms with Gasteiger partial charge in [0.1, 0.15) is 0 Å². The van der Waals surface area contributed by atoms with Gasteiger partial charge < -0.3 is 0 Å². The molecular weight excluding hydrogens is 312 g/mol. The molecule has 0 N–H and O–H groups in total. The van der Waals surface area contributed by atoms with E-state index in [1.54, 1.807) is 0 Å². The van der Waals surface area contributed by atoms with Crippen LogP contribution in [0, 0.1) is 41.4 Å². The largest absolute Gasteiger partial charge is 0.0917 e. The highest BCUT2D eigenvalue weighted by atomic mass is 14.3. The van der Waals surface area contributed by atoms with Crippen LogP contribution in [0.1, 0.15) is 114 Å². The zero-order chi connectivity index (χ0) is 20.1. The predicted molar refractivity (Wildman–Crippen MR) is 122 cm³/mol. The molecule has 0 bridgehead atoms. The second kappa shape index (κ2) is 14.8. The molecule has 0 nitrogen and oxygen atoms in total. The van der Waals surface area contributed by atoms with E-state index in [0.29, 0.717) is 0 Å². The Morgan fingerprint density at radius 3 is 1.88 bits per heavy atom. The van der Waals surface area contributed by atoms with E-state index in [9.17, 15) is 0 Å². The highest BCUT2D eigenvalue weighted by molar-refractivity contribution is 4.82. The Morgan fingerprint density at radius 2 is 1.38 bits per heavy atom. The highest BCUT2D eigenvalue weighted by Crippen LogP contribution is 2.34. The van der Waals surface area contributed by atoms with Gasteiger partial charge in [0.2, 0.25) is 0 Å². The topological polar surface area (TPSA) is 0 Å². The first-order chi connectivity index (χ1) is 12.2. The summed E-state index contributed by atoms with van der Waals surface area (Å²) >= 11 is 0. The number of rotatable bonds is 15. The van der Waals surface area contributed by atoms with Crippen LogP contribution in [0.4, 0.5) is 0 Å². The van der Waals surface area contributed by atoms with E-state index in [-0.39, 0.29) is 0 Å². The standard InChI is InChI=1S/C26H52/c1-10-12-16-23(8)25(19-20(3)4)18-14-13-17-22(7)24(9)26(15-11-2)21(5)6/h10,12,20-26H,11,13-19H2,1-9H3. The van der Waals surface area contributed by atoms with Gasteiger partial charge in [-0.1, -0.05) is 106 Å². The highest BCUT2D eigenvalue weighted by Gasteiger charge is 2.24. The molecule has 5 atom stereocenters. The van der Waals surface area contributed by atoms with Crippen molar-refractivity contribution < 1.29 is 0 Å². The quantitative estimate of drug-likeness (QED) is 0.201. The fourth-order valence-corrected chi connectivity index (χ4v) is 4.88. The molecule has 0 aromatic rings. The van der Waals surface area contributed by atoms with Gasteiger partial charge in [0.15, 0.2) is 0 Å². The Morgan fingerprint density at radius 1 is 0.769 bits per heavy atom. The van der Waals surface area contributed by atoms with Gasteiger partial charge in [-0.15, -0.1) is 0 Å². The van der Waals surface area contributed by atoms with Crippen molar-refractivity contribution >= 4 is 0 Å². The summed E-state index contributed by atoms with van der Waals surface area (Å²) in [5, 5.41) is 0. The van der Waals surface area contributed by atoms with E-state index >= 15 is 0 Å². The van der Waals surface area contributed by atoms with E-state index in [4.69, 9.17) is 0 Å². The molecule has 0 aliphatic carbocycles. The SMILES string of the molecule is CC=CCC(C)C(CCCCC(C)C(C)C(CCC)C(C)C)CC(C)C. The van der Waals surface area contributed by atoms with Gasteiger partial charge in [0.05, 0.1) is 0 Å². The number of hydrogen-bond donors (Lipinski definition) is 0. The molecule has 0 heterocycles. The number of allylic oxidation sites excluding steroid dienone is 2. The summed E-state index contributed by atoms with van der Waals surface area (Å²) in [5.74, 6) is 6.04. The van der Waals surface area contributed by atoms with E-state index < -0.39 is 0 Å². The Labute approximate surface area is 167 Å². The van der Waals surface area contributed by atoms with Crippen molar-refractivity contribution in [1.29, 1.82) is 0 Å². The van der Waals surface area contributed by atoms with E-state index in [1.165, 1.54) is 51.4 Å². The van der Waals surface area contributed by atoms with Crippen LogP contribution >= 0.6 is 0 Å². The summed E-state index contributed by atoms with van der Waals surface area (Å²) in [6.07, 6.45) is 15.7. The maximum absolute atomic E-state index is 2.52. The van der Waals surface area contributed by atoms with Gasteiger partial charge in [-0.3, -0.25) is 0 Å². The lowest BCUT2D eigenvalue weighted by atomic mass is 9.74. The van der Waals surface area contributed by atoms with Crippen molar-refractivity contribution in [1.82, 2.24) is 0 Å². The van der Waals surface area contributed by atoms with Crippen LogP contribution in [0.25, 0.3) is 0 Å². The minimum atomic E-state index is 0.827. The molecule has 0 spiro atoms. The number of hydrogen-bond acceptors (Lipinski definition) is 0. The smallest absolute Gasteiger partial charge is 0.0322 e. The molecule has 156 valence electrons. The lowest BCUT2D eigenvalue weighted by molar-refractivity contribution is 0.180. The van der Waals surface area contributed by atoms with Crippen LogP contribution in [0.3, 0.4) is 0 Å². The first-order valence-corrected chi connectivity index (χ1v) is 11.9. The zero-order valence-electron chi connectivity index (χ0n) is 19.9. The van der Waals surface area contributed by atoms with Crippen molar-refractivity contribution in [2.75, 3.05) is 0 Å². The van der Waals surface area contributed by atoms with Gasteiger partial charge in [-0.2, -0.15) is 0 Å². The van der Waals surface area contributed by atoms with Crippen LogP contribution in [0.5, 0.6) is 0 Å². The molecule has 0 aromatic heterocycles. The molecule has 0 aromatic carbocycles. The maximum Gasteiger partial charge on any atom is -0.0322 e. The molecule has 0 saturated heterocycles. The van der Waals surface area contributed by atoms with Gasteiger partial charge in [-0.25, -0.2) is 0 Å². The van der Waals surface area contributed by atoms with Crippen LogP contribution in [-0.2, 0) is 0 Å². The predicted octanol–water partition coefficient (Wildman–Crippen LogP) is 9.16. The van der Waals surface area contributed by atoms with Gasteiger partial charge in [0, 0.05) is 0 Å². The van der Waals surface area contributed by atoms with Crippen molar-refractivity contribution in [3.05, 3.63) is 12.2 Å². The Bertz CT molecular complexity index is 338. The summed E-state index contributed by atoms with van der Waals surface area (Å²) in [5.41, 5.74) is 0. The first kappa shape index (κ1) is 25.7. The Balaban J connectivity index is 4.39. The Kier molecular flexibility index (Phi) is 14.6. The first-order valence-electron chi connectivity index (χ1n) is 11.9. The third-order valence-corrected chi connectivity index (χ3v) is 6.86. The van der Waals surface area contributed by atoms with E-state index in [2.05, 4.69) is 74.5 Å². The molecule has 0 amide bonds. The fraction of sp³-hybridized carbons (Fsp3) is 0.923. The van der Waals surface area contributed by atoms with Crippen molar-refractivity contribution in [3.63, 3.8) is 0 Å². The second-order valence-electron chi connectivity index (χ2n) is 9.99. The molecule has 0 fully saturated rings. The van der Waals surface area contributed by atoms with Crippen LogP contribution < -0.4 is 0 Å². The Hall–Kier alpha value is -0.260. The van der Waals surface area contributed by atoms with Crippen LogP contribution in [-0.4, -0.2) is 0 Å². The van der Waals surface area contributed by atoms with Gasteiger partial charge in [-0.05, 0) is 61.2 Å². The lowest BCUT2D eigenvalue weighted by Crippen LogP contribution is -2.23. The third kappa shape index (κ3) is 10.8. The molecule has 0 aliphatic heterocycles. The molecule has 0 rings (SSSR count). The average molecular weight is 365 g/mol. The van der Waals surface area contributed by atoms with Crippen LogP contribution in [0.15, 0.2) is 12.2 Å². The summed E-state index contributed by atoms with van der Waals surface area (Å²) < 4.78 is 0. The summed E-state index contributed by atoms with van der Waals surface area (Å²) in [4.78, 5) is 0. The zero-order valence-corrected chi connectivity index (χ0v) is 19.9. The summed E-state index contributed by atoms with van der Waals surface area (Å²) in [6.45, 7) is 21.6. The van der Waals surface area contributed by atoms with Crippen molar-refractivity contribution in [2.45, 2.75) is 114 Å². The number of unbranched alkanes of at least 4 members (excludes halogenated alkanes) is 1. The fourth-order valence-electron chi connectivity index (χ4n) is 4.88. The molecule has 5 unspecified atom stereocenters. The van der Waals surface area contributed by atoms with Crippen molar-refractivity contribution in [3.8, 4) is 0 Å². The summed E-state index contributed by atoms with van der Waals surface area (Å²) in [6, 6.07) is 0.